The summed E-state index contributed by atoms with van der Waals surface area (Å²) in [6, 6.07) is 15.3. The maximum Gasteiger partial charge on any atom is 0.325 e. The van der Waals surface area contributed by atoms with E-state index >= 15 is 0 Å². The molecule has 0 aromatic heterocycles. The Morgan fingerprint density at radius 3 is 2.59 bits per heavy atom. The highest BCUT2D eigenvalue weighted by molar-refractivity contribution is 6.07. The van der Waals surface area contributed by atoms with Crippen LogP contribution in [0.5, 0.6) is 5.75 Å². The molecule has 1 saturated heterocycles. The summed E-state index contributed by atoms with van der Waals surface area (Å²) in [6.07, 6.45) is 4.67. The molecule has 1 aliphatic carbocycles. The van der Waals surface area contributed by atoms with Crippen LogP contribution in [0.15, 0.2) is 48.5 Å². The Balaban J connectivity index is 1.32. The molecule has 1 heterocycles. The topological polar surface area (TPSA) is 87.7 Å². The highest BCUT2D eigenvalue weighted by atomic mass is 16.5. The van der Waals surface area contributed by atoms with E-state index in [0.29, 0.717) is 31.4 Å². The highest BCUT2D eigenvalue weighted by Gasteiger charge is 2.52. The van der Waals surface area contributed by atoms with Crippen LogP contribution in [0.4, 0.5) is 10.5 Å². The Hall–Kier alpha value is -3.35. The molecule has 2 aromatic rings. The summed E-state index contributed by atoms with van der Waals surface area (Å²) in [5, 5.41) is 5.79. The summed E-state index contributed by atoms with van der Waals surface area (Å²) in [5.74, 6) is 0.482. The van der Waals surface area contributed by atoms with Crippen molar-refractivity contribution in [1.82, 2.24) is 10.2 Å². The molecule has 0 bridgehead atoms. The van der Waals surface area contributed by atoms with Crippen molar-refractivity contribution in [3.8, 4) is 5.75 Å². The number of hydrogen-bond donors (Lipinski definition) is 2. The minimum absolute atomic E-state index is 0.138. The molecule has 2 aromatic carbocycles. The standard InChI is InChI=1S/C25H29N3O4/c1-32-21-12-11-20(17-19(21)16-18-8-3-2-4-9-18)26-22(29)10-7-15-28-23(30)25(27-24(28)31)13-5-6-14-25/h2-4,8-9,11-12,17H,5-7,10,13-16H2,1H3,(H,26,29)(H,27,31). The average molecular weight is 436 g/mol. The van der Waals surface area contributed by atoms with Crippen LogP contribution >= 0.6 is 0 Å². The largest absolute Gasteiger partial charge is 0.496 e. The van der Waals surface area contributed by atoms with Crippen LogP contribution in [0, 0.1) is 0 Å². The van der Waals surface area contributed by atoms with E-state index in [1.54, 1.807) is 7.11 Å². The minimum Gasteiger partial charge on any atom is -0.496 e. The van der Waals surface area contributed by atoms with Crippen molar-refractivity contribution in [3.63, 3.8) is 0 Å². The number of rotatable bonds is 8. The lowest BCUT2D eigenvalue weighted by Crippen LogP contribution is -2.44. The van der Waals surface area contributed by atoms with Crippen molar-refractivity contribution >= 4 is 23.5 Å². The van der Waals surface area contributed by atoms with Gasteiger partial charge in [-0.05, 0) is 43.0 Å². The van der Waals surface area contributed by atoms with Gasteiger partial charge in [0.05, 0.1) is 7.11 Å². The summed E-state index contributed by atoms with van der Waals surface area (Å²) >= 11 is 0. The van der Waals surface area contributed by atoms with Gasteiger partial charge in [-0.1, -0.05) is 43.2 Å². The first-order valence-electron chi connectivity index (χ1n) is 11.2. The third-order valence-corrected chi connectivity index (χ3v) is 6.29. The monoisotopic (exact) mass is 435 g/mol. The first-order chi connectivity index (χ1) is 15.5. The summed E-state index contributed by atoms with van der Waals surface area (Å²) in [5.41, 5.74) is 2.14. The number of carbonyl (C=O) groups excluding carboxylic acids is 3. The van der Waals surface area contributed by atoms with E-state index in [9.17, 15) is 14.4 Å². The first kappa shape index (κ1) is 21.9. The molecule has 2 aliphatic rings. The van der Waals surface area contributed by atoms with Crippen molar-refractivity contribution in [2.75, 3.05) is 19.0 Å². The molecule has 2 fully saturated rings. The molecule has 7 nitrogen and oxygen atoms in total. The summed E-state index contributed by atoms with van der Waals surface area (Å²) in [7, 11) is 1.63. The third kappa shape index (κ3) is 4.61. The molecule has 0 atom stereocenters. The number of hydrogen-bond acceptors (Lipinski definition) is 4. The lowest BCUT2D eigenvalue weighted by atomic mass is 9.98. The van der Waals surface area contributed by atoms with E-state index < -0.39 is 5.54 Å². The number of imide groups is 1. The van der Waals surface area contributed by atoms with Gasteiger partial charge in [-0.25, -0.2) is 4.79 Å². The second-order valence-corrected chi connectivity index (χ2v) is 8.52. The van der Waals surface area contributed by atoms with Gasteiger partial charge >= 0.3 is 6.03 Å². The van der Waals surface area contributed by atoms with E-state index in [1.807, 2.05) is 36.4 Å². The Bertz CT molecular complexity index is 1000. The quantitative estimate of drug-likeness (QED) is 0.616. The van der Waals surface area contributed by atoms with Gasteiger partial charge in [-0.3, -0.25) is 14.5 Å². The number of amides is 4. The van der Waals surface area contributed by atoms with Crippen LogP contribution in [-0.2, 0) is 16.0 Å². The van der Waals surface area contributed by atoms with Crippen LogP contribution in [0.3, 0.4) is 0 Å². The van der Waals surface area contributed by atoms with Gasteiger partial charge in [0, 0.05) is 30.6 Å². The predicted octanol–water partition coefficient (Wildman–Crippen LogP) is 3.87. The van der Waals surface area contributed by atoms with Crippen molar-refractivity contribution in [3.05, 3.63) is 59.7 Å². The molecular weight excluding hydrogens is 406 g/mol. The van der Waals surface area contributed by atoms with Crippen LogP contribution in [0.2, 0.25) is 0 Å². The van der Waals surface area contributed by atoms with Crippen LogP contribution in [0.25, 0.3) is 0 Å². The second kappa shape index (κ2) is 9.42. The maximum atomic E-state index is 12.7. The molecule has 32 heavy (non-hydrogen) atoms. The maximum absolute atomic E-state index is 12.7. The van der Waals surface area contributed by atoms with Gasteiger partial charge in [-0.2, -0.15) is 0 Å². The Labute approximate surface area is 188 Å². The number of carbonyl (C=O) groups is 3. The number of benzene rings is 2. The van der Waals surface area contributed by atoms with Crippen LogP contribution in [-0.4, -0.2) is 41.9 Å². The molecule has 4 amide bonds. The number of anilines is 1. The number of ether oxygens (including phenoxy) is 1. The zero-order chi connectivity index (χ0) is 22.6. The van der Waals surface area contributed by atoms with E-state index in [1.165, 1.54) is 4.90 Å². The van der Waals surface area contributed by atoms with Gasteiger partial charge in [0.1, 0.15) is 11.3 Å². The molecule has 1 spiro atoms. The Morgan fingerprint density at radius 2 is 1.88 bits per heavy atom. The molecule has 7 heteroatoms. The normalized spacial score (nSPS) is 17.0. The van der Waals surface area contributed by atoms with Gasteiger partial charge < -0.3 is 15.4 Å². The smallest absolute Gasteiger partial charge is 0.325 e. The lowest BCUT2D eigenvalue weighted by Gasteiger charge is -2.19. The highest BCUT2D eigenvalue weighted by Crippen LogP contribution is 2.35. The molecular formula is C25H29N3O4. The van der Waals surface area contributed by atoms with Gasteiger partial charge in [0.15, 0.2) is 0 Å². The first-order valence-corrected chi connectivity index (χ1v) is 11.2. The number of methoxy groups -OCH3 is 1. The number of urea groups is 1. The van der Waals surface area contributed by atoms with Crippen LogP contribution < -0.4 is 15.4 Å². The van der Waals surface area contributed by atoms with E-state index in [0.717, 1.165) is 29.7 Å². The van der Waals surface area contributed by atoms with E-state index in [-0.39, 0.29) is 30.8 Å². The van der Waals surface area contributed by atoms with Gasteiger partial charge in [0.2, 0.25) is 5.91 Å². The third-order valence-electron chi connectivity index (χ3n) is 6.29. The van der Waals surface area contributed by atoms with Crippen molar-refractivity contribution in [2.45, 2.75) is 50.5 Å². The zero-order valence-corrected chi connectivity index (χ0v) is 18.4. The Morgan fingerprint density at radius 1 is 1.12 bits per heavy atom. The number of nitrogens with one attached hydrogen (secondary N) is 2. The lowest BCUT2D eigenvalue weighted by molar-refractivity contribution is -0.131. The van der Waals surface area contributed by atoms with Crippen molar-refractivity contribution in [2.24, 2.45) is 0 Å². The SMILES string of the molecule is COc1ccc(NC(=O)CCCN2C(=O)NC3(CCCC3)C2=O)cc1Cc1ccccc1. The van der Waals surface area contributed by atoms with E-state index in [2.05, 4.69) is 22.8 Å². The molecule has 2 N–H and O–H groups in total. The molecule has 4 rings (SSSR count). The van der Waals surface area contributed by atoms with Gasteiger partial charge in [0.25, 0.3) is 5.91 Å². The summed E-state index contributed by atoms with van der Waals surface area (Å²) in [6.45, 7) is 0.252. The molecule has 0 unspecified atom stereocenters. The predicted molar refractivity (Wildman–Crippen MR) is 122 cm³/mol. The zero-order valence-electron chi connectivity index (χ0n) is 18.4. The fourth-order valence-corrected chi connectivity index (χ4v) is 4.63. The molecule has 1 aliphatic heterocycles. The molecule has 168 valence electrons. The fraction of sp³-hybridized carbons (Fsp3) is 0.400. The van der Waals surface area contributed by atoms with Crippen molar-refractivity contribution < 1.29 is 19.1 Å². The average Bonchev–Trinajstić information content (AvgIpc) is 3.35. The minimum atomic E-state index is -0.697. The van der Waals surface area contributed by atoms with E-state index in [4.69, 9.17) is 4.74 Å². The van der Waals surface area contributed by atoms with Crippen molar-refractivity contribution in [1.29, 1.82) is 0 Å². The fourth-order valence-electron chi connectivity index (χ4n) is 4.63. The summed E-state index contributed by atoms with van der Waals surface area (Å²) < 4.78 is 5.47. The Kier molecular flexibility index (Phi) is 6.44. The van der Waals surface area contributed by atoms with Gasteiger partial charge in [-0.15, -0.1) is 0 Å². The molecule has 1 saturated carbocycles. The summed E-state index contributed by atoms with van der Waals surface area (Å²) in [4.78, 5) is 38.7. The van der Waals surface area contributed by atoms with Crippen LogP contribution in [0.1, 0.15) is 49.7 Å². The number of nitrogens with zero attached hydrogens (tertiary/aromatic N) is 1. The second-order valence-electron chi connectivity index (χ2n) is 8.52. The molecule has 0 radical (unpaired) electrons.